The third-order valence-corrected chi connectivity index (χ3v) is 4.73. The first-order valence-corrected chi connectivity index (χ1v) is 10.7. The van der Waals surface area contributed by atoms with Crippen LogP contribution in [0.1, 0.15) is 30.9 Å². The van der Waals surface area contributed by atoms with E-state index in [2.05, 4.69) is 21.7 Å². The van der Waals surface area contributed by atoms with Gasteiger partial charge in [0.25, 0.3) is 0 Å². The zero-order valence-corrected chi connectivity index (χ0v) is 19.2. The lowest BCUT2D eigenvalue weighted by molar-refractivity contribution is -0.137. The molecule has 10 nitrogen and oxygen atoms in total. The van der Waals surface area contributed by atoms with Crippen molar-refractivity contribution >= 4 is 35.3 Å². The Labute approximate surface area is 197 Å². The number of aliphatic carboxylic acids is 1. The van der Waals surface area contributed by atoms with Crippen LogP contribution in [-0.4, -0.2) is 41.2 Å². The van der Waals surface area contributed by atoms with Crippen molar-refractivity contribution in [2.75, 3.05) is 18.6 Å². The van der Waals surface area contributed by atoms with Gasteiger partial charge in [0.15, 0.2) is 0 Å². The third kappa shape index (κ3) is 8.87. The van der Waals surface area contributed by atoms with Gasteiger partial charge in [-0.05, 0) is 44.0 Å². The number of hydrogen-bond donors (Lipinski definition) is 5. The van der Waals surface area contributed by atoms with Crippen LogP contribution in [0.2, 0.25) is 5.02 Å². The van der Waals surface area contributed by atoms with Crippen molar-refractivity contribution in [3.05, 3.63) is 58.6 Å². The highest BCUT2D eigenvalue weighted by Crippen LogP contribution is 2.27. The second kappa shape index (κ2) is 13.1. The molecule has 0 aromatic heterocycles. The van der Waals surface area contributed by atoms with Crippen LogP contribution < -0.4 is 26.4 Å². The number of carboxylic acid groups (broad SMARTS) is 1. The molecular formula is C22H28ClN5O5. The summed E-state index contributed by atoms with van der Waals surface area (Å²) in [4.78, 5) is 36.9. The Kier molecular flexibility index (Phi) is 10.3. The van der Waals surface area contributed by atoms with Gasteiger partial charge >= 0.3 is 18.0 Å². The number of carbonyl (C=O) groups is 3. The number of hydrogen-bond acceptors (Lipinski definition) is 6. The first-order valence-electron chi connectivity index (χ1n) is 10.4. The van der Waals surface area contributed by atoms with Crippen LogP contribution >= 0.6 is 11.6 Å². The molecule has 0 aliphatic carbocycles. The number of hydrazine groups is 2. The van der Waals surface area contributed by atoms with E-state index in [0.717, 1.165) is 16.0 Å². The predicted molar refractivity (Wildman–Crippen MR) is 125 cm³/mol. The van der Waals surface area contributed by atoms with Crippen molar-refractivity contribution in [2.45, 2.75) is 33.2 Å². The van der Waals surface area contributed by atoms with Gasteiger partial charge in [-0.1, -0.05) is 41.4 Å². The molecule has 0 aliphatic rings. The summed E-state index contributed by atoms with van der Waals surface area (Å²) in [6.07, 6.45) is -0.0615. The van der Waals surface area contributed by atoms with Gasteiger partial charge in [-0.3, -0.25) is 10.2 Å². The number of halogens is 1. The minimum atomic E-state index is -1.01. The van der Waals surface area contributed by atoms with Crippen molar-refractivity contribution in [3.8, 4) is 5.75 Å². The number of amides is 4. The summed E-state index contributed by atoms with van der Waals surface area (Å²) < 4.78 is 5.36. The van der Waals surface area contributed by atoms with Gasteiger partial charge in [-0.2, -0.15) is 0 Å². The van der Waals surface area contributed by atoms with E-state index >= 15 is 0 Å². The Morgan fingerprint density at radius 2 is 1.82 bits per heavy atom. The minimum Gasteiger partial charge on any atom is -0.492 e. The molecule has 0 radical (unpaired) electrons. The Morgan fingerprint density at radius 1 is 1.09 bits per heavy atom. The molecule has 0 bridgehead atoms. The lowest BCUT2D eigenvalue weighted by Crippen LogP contribution is -2.53. The molecule has 5 N–H and O–H groups in total. The standard InChI is InChI=1S/C22H28ClN5O5/c1-3-33-19-11-10-17(13-18(19)23)25-27-26-22(32)28(12-4-5-20(29)30)21(31)24-14-16-8-6-15(2)7-9-16/h6-11,13,25,27H,3-5,12,14H2,1-2H3,(H,24,31)(H,26,32)(H,29,30). The van der Waals surface area contributed by atoms with Crippen LogP contribution in [0.15, 0.2) is 42.5 Å². The number of nitrogens with one attached hydrogen (secondary N) is 4. The largest absolute Gasteiger partial charge is 0.492 e. The number of urea groups is 2. The molecule has 0 aliphatic heterocycles. The normalized spacial score (nSPS) is 10.3. The Balaban J connectivity index is 1.93. The SMILES string of the molecule is CCOc1ccc(NNNC(=O)N(CCCC(=O)O)C(=O)NCc2ccc(C)cc2)cc1Cl. The van der Waals surface area contributed by atoms with E-state index in [1.54, 1.807) is 18.2 Å². The smallest absolute Gasteiger partial charge is 0.341 e. The van der Waals surface area contributed by atoms with E-state index in [1.807, 2.05) is 38.1 Å². The van der Waals surface area contributed by atoms with Crippen molar-refractivity contribution in [3.63, 3.8) is 0 Å². The summed E-state index contributed by atoms with van der Waals surface area (Å²) in [5.41, 5.74) is 10.1. The monoisotopic (exact) mass is 477 g/mol. The van der Waals surface area contributed by atoms with Gasteiger partial charge in [-0.15, -0.1) is 5.53 Å². The zero-order valence-electron chi connectivity index (χ0n) is 18.5. The Hall–Kier alpha value is -3.50. The Morgan fingerprint density at radius 3 is 2.45 bits per heavy atom. The average molecular weight is 478 g/mol. The molecule has 0 heterocycles. The summed E-state index contributed by atoms with van der Waals surface area (Å²) in [6, 6.07) is 11.1. The first-order chi connectivity index (χ1) is 15.8. The van der Waals surface area contributed by atoms with E-state index < -0.39 is 18.0 Å². The van der Waals surface area contributed by atoms with Crippen LogP contribution in [0.4, 0.5) is 15.3 Å². The zero-order chi connectivity index (χ0) is 24.2. The highest BCUT2D eigenvalue weighted by Gasteiger charge is 2.21. The second-order valence-electron chi connectivity index (χ2n) is 7.05. The van der Waals surface area contributed by atoms with Gasteiger partial charge in [0.2, 0.25) is 0 Å². The van der Waals surface area contributed by atoms with Crippen molar-refractivity contribution in [1.82, 2.24) is 21.2 Å². The maximum Gasteiger partial charge on any atom is 0.341 e. The molecule has 0 atom stereocenters. The van der Waals surface area contributed by atoms with E-state index in [1.165, 1.54) is 0 Å². The molecule has 0 unspecified atom stereocenters. The lowest BCUT2D eigenvalue weighted by Gasteiger charge is -2.22. The molecule has 2 rings (SSSR count). The molecule has 11 heteroatoms. The van der Waals surface area contributed by atoms with E-state index in [9.17, 15) is 14.4 Å². The van der Waals surface area contributed by atoms with Gasteiger partial charge in [0.05, 0.1) is 17.3 Å². The molecular weight excluding hydrogens is 450 g/mol. The summed E-state index contributed by atoms with van der Waals surface area (Å²) >= 11 is 6.13. The Bertz CT molecular complexity index is 955. The molecule has 33 heavy (non-hydrogen) atoms. The van der Waals surface area contributed by atoms with Crippen LogP contribution in [-0.2, 0) is 11.3 Å². The molecule has 0 saturated carbocycles. The number of carbonyl (C=O) groups excluding carboxylic acids is 2. The van der Waals surface area contributed by atoms with Gasteiger partial charge < -0.3 is 20.6 Å². The molecule has 0 fully saturated rings. The lowest BCUT2D eigenvalue weighted by atomic mass is 10.1. The fourth-order valence-electron chi connectivity index (χ4n) is 2.74. The number of nitrogens with zero attached hydrogens (tertiary/aromatic N) is 1. The number of aryl methyl sites for hydroxylation is 1. The topological polar surface area (TPSA) is 132 Å². The van der Waals surface area contributed by atoms with Crippen LogP contribution in [0.3, 0.4) is 0 Å². The number of carboxylic acids is 1. The highest BCUT2D eigenvalue weighted by molar-refractivity contribution is 6.32. The number of rotatable bonds is 11. The van der Waals surface area contributed by atoms with Crippen LogP contribution in [0.5, 0.6) is 5.75 Å². The maximum atomic E-state index is 12.6. The third-order valence-electron chi connectivity index (χ3n) is 4.43. The summed E-state index contributed by atoms with van der Waals surface area (Å²) in [6.45, 7) is 4.43. The van der Waals surface area contributed by atoms with Gasteiger partial charge in [0.1, 0.15) is 5.75 Å². The molecule has 2 aromatic rings. The van der Waals surface area contributed by atoms with E-state index in [0.29, 0.717) is 23.1 Å². The molecule has 2 aromatic carbocycles. The molecule has 4 amide bonds. The predicted octanol–water partition coefficient (Wildman–Crippen LogP) is 3.66. The van der Waals surface area contributed by atoms with E-state index in [-0.39, 0.29) is 25.9 Å². The average Bonchev–Trinajstić information content (AvgIpc) is 2.77. The second-order valence-corrected chi connectivity index (χ2v) is 7.46. The van der Waals surface area contributed by atoms with Crippen molar-refractivity contribution < 1.29 is 24.2 Å². The molecule has 178 valence electrons. The van der Waals surface area contributed by atoms with Crippen LogP contribution in [0.25, 0.3) is 0 Å². The fourth-order valence-corrected chi connectivity index (χ4v) is 2.97. The number of anilines is 1. The number of benzene rings is 2. The number of ether oxygens (including phenoxy) is 1. The van der Waals surface area contributed by atoms with Crippen molar-refractivity contribution in [1.29, 1.82) is 0 Å². The minimum absolute atomic E-state index is 0.0750. The fraction of sp³-hybridized carbons (Fsp3) is 0.318. The van der Waals surface area contributed by atoms with Crippen molar-refractivity contribution in [2.24, 2.45) is 0 Å². The quantitative estimate of drug-likeness (QED) is 0.312. The maximum absolute atomic E-state index is 12.6. The summed E-state index contributed by atoms with van der Waals surface area (Å²) in [5, 5.41) is 11.9. The number of imide groups is 1. The summed E-state index contributed by atoms with van der Waals surface area (Å²) in [7, 11) is 0. The van der Waals surface area contributed by atoms with Gasteiger partial charge in [-0.25, -0.2) is 14.5 Å². The van der Waals surface area contributed by atoms with E-state index in [4.69, 9.17) is 21.4 Å². The highest BCUT2D eigenvalue weighted by atomic mass is 35.5. The molecule has 0 spiro atoms. The van der Waals surface area contributed by atoms with Gasteiger partial charge in [0, 0.05) is 19.5 Å². The molecule has 0 saturated heterocycles. The van der Waals surface area contributed by atoms with Crippen LogP contribution in [0, 0.1) is 6.92 Å². The summed E-state index contributed by atoms with van der Waals surface area (Å²) in [5.74, 6) is -0.480. The first kappa shape index (κ1) is 25.8.